The molecular formula is C12H16ClN3O2. The van der Waals surface area contributed by atoms with Crippen molar-refractivity contribution < 1.29 is 9.59 Å². The molecular weight excluding hydrogens is 254 g/mol. The molecule has 5 nitrogen and oxygen atoms in total. The minimum atomic E-state index is -0.277. The first kappa shape index (κ1) is 14.3. The molecule has 0 spiro atoms. The Kier molecular flexibility index (Phi) is 6.00. The number of urea groups is 1. The monoisotopic (exact) mass is 269 g/mol. The van der Waals surface area contributed by atoms with Crippen molar-refractivity contribution in [2.75, 3.05) is 13.1 Å². The zero-order chi connectivity index (χ0) is 13.4. The number of rotatable bonds is 5. The molecule has 1 aromatic rings. The van der Waals surface area contributed by atoms with Gasteiger partial charge in [0.05, 0.1) is 0 Å². The quantitative estimate of drug-likeness (QED) is 0.705. The fourth-order valence-electron chi connectivity index (χ4n) is 1.31. The van der Waals surface area contributed by atoms with E-state index in [1.54, 1.807) is 12.1 Å². The topological polar surface area (TPSA) is 70.2 Å². The predicted octanol–water partition coefficient (Wildman–Crippen LogP) is 1.28. The summed E-state index contributed by atoms with van der Waals surface area (Å²) in [6, 6.07) is 7.00. The van der Waals surface area contributed by atoms with Crippen LogP contribution in [0.1, 0.15) is 12.5 Å². The van der Waals surface area contributed by atoms with Crippen molar-refractivity contribution in [3.8, 4) is 0 Å². The van der Waals surface area contributed by atoms with Gasteiger partial charge in [0.15, 0.2) is 0 Å². The van der Waals surface area contributed by atoms with Crippen LogP contribution >= 0.6 is 11.6 Å². The third kappa shape index (κ3) is 6.10. The number of nitrogens with one attached hydrogen (secondary N) is 3. The van der Waals surface area contributed by atoms with Gasteiger partial charge in [-0.3, -0.25) is 4.79 Å². The number of hydrogen-bond acceptors (Lipinski definition) is 2. The van der Waals surface area contributed by atoms with Crippen LogP contribution in [-0.4, -0.2) is 25.0 Å². The Labute approximate surface area is 111 Å². The SMILES string of the molecule is CC(=O)NCCNC(=O)NCc1cccc(Cl)c1. The van der Waals surface area contributed by atoms with Crippen LogP contribution in [0.3, 0.4) is 0 Å². The molecule has 1 aromatic carbocycles. The van der Waals surface area contributed by atoms with Crippen molar-refractivity contribution in [2.45, 2.75) is 13.5 Å². The molecule has 0 saturated heterocycles. The van der Waals surface area contributed by atoms with Gasteiger partial charge in [0.25, 0.3) is 0 Å². The highest BCUT2D eigenvalue weighted by atomic mass is 35.5. The Hall–Kier alpha value is -1.75. The van der Waals surface area contributed by atoms with E-state index < -0.39 is 0 Å². The van der Waals surface area contributed by atoms with Gasteiger partial charge in [0, 0.05) is 31.6 Å². The number of halogens is 1. The molecule has 0 aromatic heterocycles. The Morgan fingerprint density at radius 3 is 2.56 bits per heavy atom. The van der Waals surface area contributed by atoms with Crippen molar-refractivity contribution in [3.05, 3.63) is 34.9 Å². The Morgan fingerprint density at radius 2 is 1.89 bits per heavy atom. The molecule has 0 atom stereocenters. The van der Waals surface area contributed by atoms with E-state index in [0.29, 0.717) is 24.7 Å². The average molecular weight is 270 g/mol. The summed E-state index contributed by atoms with van der Waals surface area (Å²) in [5, 5.41) is 8.54. The second kappa shape index (κ2) is 7.55. The normalized spacial score (nSPS) is 9.67. The van der Waals surface area contributed by atoms with Gasteiger partial charge in [-0.15, -0.1) is 0 Å². The molecule has 0 aliphatic rings. The molecule has 0 heterocycles. The lowest BCUT2D eigenvalue weighted by Crippen LogP contribution is -2.39. The molecule has 0 aliphatic heterocycles. The van der Waals surface area contributed by atoms with Crippen LogP contribution in [0.2, 0.25) is 5.02 Å². The van der Waals surface area contributed by atoms with Crippen LogP contribution in [0.15, 0.2) is 24.3 Å². The molecule has 1 rings (SSSR count). The van der Waals surface area contributed by atoms with Gasteiger partial charge < -0.3 is 16.0 Å². The predicted molar refractivity (Wildman–Crippen MR) is 70.4 cm³/mol. The summed E-state index contributed by atoms with van der Waals surface area (Å²) in [6.45, 7) is 2.65. The van der Waals surface area contributed by atoms with Gasteiger partial charge in [-0.1, -0.05) is 23.7 Å². The zero-order valence-electron chi connectivity index (χ0n) is 10.1. The maximum Gasteiger partial charge on any atom is 0.315 e. The summed E-state index contributed by atoms with van der Waals surface area (Å²) in [5.74, 6) is -0.115. The Morgan fingerprint density at radius 1 is 1.17 bits per heavy atom. The maximum absolute atomic E-state index is 11.4. The molecule has 0 radical (unpaired) electrons. The van der Waals surface area contributed by atoms with E-state index in [4.69, 9.17) is 11.6 Å². The first-order chi connectivity index (χ1) is 8.58. The maximum atomic E-state index is 11.4. The zero-order valence-corrected chi connectivity index (χ0v) is 10.9. The Balaban J connectivity index is 2.19. The van der Waals surface area contributed by atoms with Gasteiger partial charge >= 0.3 is 6.03 Å². The third-order valence-electron chi connectivity index (χ3n) is 2.13. The molecule has 0 aliphatic carbocycles. The third-order valence-corrected chi connectivity index (χ3v) is 2.36. The molecule has 3 N–H and O–H groups in total. The average Bonchev–Trinajstić information content (AvgIpc) is 2.32. The molecule has 0 bridgehead atoms. The fraction of sp³-hybridized carbons (Fsp3) is 0.333. The first-order valence-corrected chi connectivity index (χ1v) is 5.96. The minimum absolute atomic E-state index is 0.115. The lowest BCUT2D eigenvalue weighted by molar-refractivity contribution is -0.118. The summed E-state index contributed by atoms with van der Waals surface area (Å²) in [7, 11) is 0. The molecule has 98 valence electrons. The second-order valence-corrected chi connectivity index (χ2v) is 4.16. The van der Waals surface area contributed by atoms with E-state index >= 15 is 0 Å². The van der Waals surface area contributed by atoms with Gasteiger partial charge in [-0.25, -0.2) is 4.79 Å². The van der Waals surface area contributed by atoms with Gasteiger partial charge in [0.1, 0.15) is 0 Å². The summed E-state index contributed by atoms with van der Waals surface area (Å²) in [6.07, 6.45) is 0. The van der Waals surface area contributed by atoms with E-state index in [0.717, 1.165) is 5.56 Å². The van der Waals surface area contributed by atoms with Gasteiger partial charge in [-0.05, 0) is 17.7 Å². The summed E-state index contributed by atoms with van der Waals surface area (Å²) in [4.78, 5) is 22.0. The van der Waals surface area contributed by atoms with Crippen molar-refractivity contribution in [1.29, 1.82) is 0 Å². The minimum Gasteiger partial charge on any atom is -0.355 e. The highest BCUT2D eigenvalue weighted by molar-refractivity contribution is 6.30. The van der Waals surface area contributed by atoms with Crippen LogP contribution in [0.5, 0.6) is 0 Å². The van der Waals surface area contributed by atoms with Crippen molar-refractivity contribution >= 4 is 23.5 Å². The molecule has 0 saturated carbocycles. The first-order valence-electron chi connectivity index (χ1n) is 5.58. The molecule has 6 heteroatoms. The largest absolute Gasteiger partial charge is 0.355 e. The van der Waals surface area contributed by atoms with Crippen LogP contribution in [0.4, 0.5) is 4.79 Å². The lowest BCUT2D eigenvalue weighted by atomic mass is 10.2. The van der Waals surface area contributed by atoms with E-state index in [-0.39, 0.29) is 11.9 Å². The van der Waals surface area contributed by atoms with Crippen LogP contribution in [0, 0.1) is 0 Å². The summed E-state index contributed by atoms with van der Waals surface area (Å²) >= 11 is 5.82. The van der Waals surface area contributed by atoms with Gasteiger partial charge in [0.2, 0.25) is 5.91 Å². The molecule has 0 unspecified atom stereocenters. The number of carbonyl (C=O) groups excluding carboxylic acids is 2. The van der Waals surface area contributed by atoms with Crippen LogP contribution < -0.4 is 16.0 Å². The number of amides is 3. The van der Waals surface area contributed by atoms with Crippen LogP contribution in [0.25, 0.3) is 0 Å². The number of carbonyl (C=O) groups is 2. The summed E-state index contributed by atoms with van der Waals surface area (Å²) < 4.78 is 0. The van der Waals surface area contributed by atoms with Gasteiger partial charge in [-0.2, -0.15) is 0 Å². The highest BCUT2D eigenvalue weighted by Gasteiger charge is 2.00. The lowest BCUT2D eigenvalue weighted by Gasteiger charge is -2.08. The molecule has 3 amide bonds. The van der Waals surface area contributed by atoms with E-state index in [1.807, 2.05) is 12.1 Å². The second-order valence-electron chi connectivity index (χ2n) is 3.72. The van der Waals surface area contributed by atoms with Crippen molar-refractivity contribution in [3.63, 3.8) is 0 Å². The van der Waals surface area contributed by atoms with E-state index in [2.05, 4.69) is 16.0 Å². The number of benzene rings is 1. The molecule has 0 fully saturated rings. The van der Waals surface area contributed by atoms with Crippen molar-refractivity contribution in [2.24, 2.45) is 0 Å². The standard InChI is InChI=1S/C12H16ClN3O2/c1-9(17)14-5-6-15-12(18)16-8-10-3-2-4-11(13)7-10/h2-4,7H,5-6,8H2,1H3,(H,14,17)(H2,15,16,18). The Bertz CT molecular complexity index is 424. The van der Waals surface area contributed by atoms with E-state index in [9.17, 15) is 9.59 Å². The fourth-order valence-corrected chi connectivity index (χ4v) is 1.52. The summed E-state index contributed by atoms with van der Waals surface area (Å²) in [5.41, 5.74) is 0.930. The number of hydrogen-bond donors (Lipinski definition) is 3. The van der Waals surface area contributed by atoms with Crippen molar-refractivity contribution in [1.82, 2.24) is 16.0 Å². The van der Waals surface area contributed by atoms with E-state index in [1.165, 1.54) is 6.92 Å². The van der Waals surface area contributed by atoms with Crippen LogP contribution in [-0.2, 0) is 11.3 Å². The molecule has 18 heavy (non-hydrogen) atoms. The smallest absolute Gasteiger partial charge is 0.315 e. The highest BCUT2D eigenvalue weighted by Crippen LogP contribution is 2.09.